The number of rotatable bonds is 5. The smallest absolute Gasteiger partial charge is 0.320 e. The largest absolute Gasteiger partial charge is 0.399 e. The molecule has 0 saturated carbocycles. The molecule has 3 nitrogen and oxygen atoms in total. The van der Waals surface area contributed by atoms with Gasteiger partial charge in [0.1, 0.15) is 0 Å². The number of thioether (sulfide) groups is 1. The van der Waals surface area contributed by atoms with E-state index in [1.54, 1.807) is 18.2 Å². The lowest BCUT2D eigenvalue weighted by atomic mass is 10.1. The Kier molecular flexibility index (Phi) is 6.41. The summed E-state index contributed by atoms with van der Waals surface area (Å²) in [6.07, 6.45) is 0. The molecular formula is C14H10BrCl2F2O3PS. The highest BCUT2D eigenvalue weighted by Gasteiger charge is 2.51. The topological polar surface area (TPSA) is 57.5 Å². The van der Waals surface area contributed by atoms with Crippen LogP contribution in [0, 0.1) is 0 Å². The van der Waals surface area contributed by atoms with E-state index in [9.17, 15) is 13.3 Å². The fraction of sp³-hybridized carbons (Fsp3) is 0.143. The first-order valence-corrected chi connectivity index (χ1v) is 10.5. The van der Waals surface area contributed by atoms with E-state index in [0.717, 1.165) is 11.0 Å². The highest BCUT2D eigenvalue weighted by Crippen LogP contribution is 2.60. The zero-order chi connectivity index (χ0) is 18.1. The van der Waals surface area contributed by atoms with Crippen molar-refractivity contribution >= 4 is 58.5 Å². The normalized spacial score (nSPS) is 12.5. The number of alkyl halides is 2. The minimum absolute atomic E-state index is 0.0712. The number of hydrogen-bond donors (Lipinski definition) is 2. The highest BCUT2D eigenvalue weighted by molar-refractivity contribution is 9.10. The first-order chi connectivity index (χ1) is 11.0. The van der Waals surface area contributed by atoms with Gasteiger partial charge in [0.25, 0.3) is 0 Å². The van der Waals surface area contributed by atoms with Crippen LogP contribution in [0.1, 0.15) is 11.1 Å². The maximum absolute atomic E-state index is 13.8. The van der Waals surface area contributed by atoms with Gasteiger partial charge in [-0.1, -0.05) is 51.3 Å². The number of benzene rings is 2. The van der Waals surface area contributed by atoms with Gasteiger partial charge in [0.2, 0.25) is 0 Å². The molecule has 0 spiro atoms. The van der Waals surface area contributed by atoms with E-state index in [1.165, 1.54) is 23.9 Å². The van der Waals surface area contributed by atoms with Crippen molar-refractivity contribution in [2.45, 2.75) is 16.3 Å². The molecule has 0 aliphatic heterocycles. The summed E-state index contributed by atoms with van der Waals surface area (Å²) >= 11 is 16.2. The Labute approximate surface area is 159 Å². The van der Waals surface area contributed by atoms with Crippen LogP contribution in [-0.2, 0) is 16.0 Å². The molecule has 2 aromatic carbocycles. The van der Waals surface area contributed by atoms with Crippen molar-refractivity contribution in [2.24, 2.45) is 0 Å². The third kappa shape index (κ3) is 4.73. The molecule has 24 heavy (non-hydrogen) atoms. The summed E-state index contributed by atoms with van der Waals surface area (Å²) in [6.45, 7) is 0. The lowest BCUT2D eigenvalue weighted by Gasteiger charge is -2.19. The first-order valence-electron chi connectivity index (χ1n) is 6.32. The Morgan fingerprint density at radius 1 is 1.12 bits per heavy atom. The third-order valence-electron chi connectivity index (χ3n) is 2.96. The molecule has 2 aromatic rings. The molecule has 0 heterocycles. The first kappa shape index (κ1) is 20.2. The van der Waals surface area contributed by atoms with Crippen LogP contribution in [0.5, 0.6) is 0 Å². The van der Waals surface area contributed by atoms with Crippen LogP contribution in [-0.4, -0.2) is 9.79 Å². The van der Waals surface area contributed by atoms with E-state index in [0.29, 0.717) is 21.4 Å². The van der Waals surface area contributed by atoms with Gasteiger partial charge in [-0.2, -0.15) is 8.78 Å². The van der Waals surface area contributed by atoms with Gasteiger partial charge in [0.05, 0.1) is 0 Å². The second-order valence-electron chi connectivity index (χ2n) is 4.79. The second-order valence-corrected chi connectivity index (χ2v) is 9.22. The minimum atomic E-state index is -5.60. The van der Waals surface area contributed by atoms with E-state index in [4.69, 9.17) is 33.0 Å². The van der Waals surface area contributed by atoms with E-state index in [-0.39, 0.29) is 4.47 Å². The highest BCUT2D eigenvalue weighted by atomic mass is 79.9. The molecule has 130 valence electrons. The fourth-order valence-electron chi connectivity index (χ4n) is 1.83. The predicted molar refractivity (Wildman–Crippen MR) is 96.1 cm³/mol. The monoisotopic (exact) mass is 476 g/mol. The van der Waals surface area contributed by atoms with E-state index >= 15 is 0 Å². The van der Waals surface area contributed by atoms with Gasteiger partial charge < -0.3 is 9.79 Å². The summed E-state index contributed by atoms with van der Waals surface area (Å²) in [5.74, 6) is 0.442. The predicted octanol–water partition coefficient (Wildman–Crippen LogP) is 6.28. The molecule has 2 rings (SSSR count). The summed E-state index contributed by atoms with van der Waals surface area (Å²) < 4.78 is 38.4. The van der Waals surface area contributed by atoms with Crippen LogP contribution in [0.15, 0.2) is 45.8 Å². The Morgan fingerprint density at radius 3 is 2.21 bits per heavy atom. The van der Waals surface area contributed by atoms with Gasteiger partial charge in [-0.25, -0.2) is 0 Å². The molecule has 2 N–H and O–H groups in total. The molecule has 0 fully saturated rings. The second kappa shape index (κ2) is 7.62. The van der Waals surface area contributed by atoms with Crippen LogP contribution in [0.4, 0.5) is 8.78 Å². The zero-order valence-corrected chi connectivity index (χ0v) is 16.5. The Bertz CT molecular complexity index is 796. The van der Waals surface area contributed by atoms with Crippen LogP contribution in [0.25, 0.3) is 0 Å². The van der Waals surface area contributed by atoms with Crippen molar-refractivity contribution in [3.05, 3.63) is 62.0 Å². The maximum atomic E-state index is 13.8. The van der Waals surface area contributed by atoms with Gasteiger partial charge >= 0.3 is 13.3 Å². The van der Waals surface area contributed by atoms with Gasteiger partial charge in [0.15, 0.2) is 0 Å². The van der Waals surface area contributed by atoms with E-state index in [2.05, 4.69) is 15.9 Å². The third-order valence-corrected chi connectivity index (χ3v) is 6.08. The van der Waals surface area contributed by atoms with E-state index in [1.807, 2.05) is 0 Å². The number of halogens is 5. The molecule has 0 amide bonds. The minimum Gasteiger partial charge on any atom is -0.320 e. The molecule has 0 aliphatic carbocycles. The molecule has 0 aromatic heterocycles. The molecule has 10 heteroatoms. The molecule has 0 atom stereocenters. The molecule has 0 aliphatic rings. The standard InChI is InChI=1S/C14H10BrCl2F2O3PS/c15-13-3-8(1-2-12(13)14(18,19)23(20,21)22)7-24-11-5-9(16)4-10(17)6-11/h1-6H,7H2,(H2,20,21,22). The SMILES string of the molecule is O=P(O)(O)C(F)(F)c1ccc(CSc2cc(Cl)cc(Cl)c2)cc1Br. The fourth-order valence-corrected chi connectivity index (χ4v) is 4.75. The van der Waals surface area contributed by atoms with E-state index < -0.39 is 18.8 Å². The molecule has 0 radical (unpaired) electrons. The molecule has 0 unspecified atom stereocenters. The van der Waals surface area contributed by atoms with Crippen molar-refractivity contribution < 1.29 is 23.1 Å². The van der Waals surface area contributed by atoms with Gasteiger partial charge in [-0.15, -0.1) is 11.8 Å². The van der Waals surface area contributed by atoms with Crippen LogP contribution in [0.3, 0.4) is 0 Å². The number of hydrogen-bond acceptors (Lipinski definition) is 2. The van der Waals surface area contributed by atoms with Crippen LogP contribution < -0.4 is 0 Å². The molecule has 0 bridgehead atoms. The van der Waals surface area contributed by atoms with Gasteiger partial charge in [0, 0.05) is 30.7 Å². The van der Waals surface area contributed by atoms with Crippen molar-refractivity contribution in [3.63, 3.8) is 0 Å². The maximum Gasteiger partial charge on any atom is 0.399 e. The summed E-state index contributed by atoms with van der Waals surface area (Å²) in [7, 11) is -5.60. The lowest BCUT2D eigenvalue weighted by Crippen LogP contribution is -2.14. The Balaban J connectivity index is 2.20. The Morgan fingerprint density at radius 2 is 1.71 bits per heavy atom. The van der Waals surface area contributed by atoms with Crippen molar-refractivity contribution in [1.82, 2.24) is 0 Å². The summed E-state index contributed by atoms with van der Waals surface area (Å²) in [4.78, 5) is 18.4. The molecule has 0 saturated heterocycles. The van der Waals surface area contributed by atoms with Crippen molar-refractivity contribution in [2.75, 3.05) is 0 Å². The summed E-state index contributed by atoms with van der Waals surface area (Å²) in [5.41, 5.74) is -4.32. The zero-order valence-electron chi connectivity index (χ0n) is 11.7. The molecular weight excluding hydrogens is 468 g/mol. The van der Waals surface area contributed by atoms with Gasteiger partial charge in [-0.05, 0) is 29.8 Å². The van der Waals surface area contributed by atoms with Gasteiger partial charge in [-0.3, -0.25) is 4.57 Å². The van der Waals surface area contributed by atoms with Crippen LogP contribution in [0.2, 0.25) is 10.0 Å². The quantitative estimate of drug-likeness (QED) is 0.393. The summed E-state index contributed by atoms with van der Waals surface area (Å²) in [6, 6.07) is 8.85. The van der Waals surface area contributed by atoms with Crippen molar-refractivity contribution in [1.29, 1.82) is 0 Å². The average Bonchev–Trinajstić information content (AvgIpc) is 2.42. The lowest BCUT2D eigenvalue weighted by molar-refractivity contribution is 0.0557. The Hall–Kier alpha value is -0.140. The average molecular weight is 478 g/mol. The summed E-state index contributed by atoms with van der Waals surface area (Å²) in [5, 5.41) is 0.977. The van der Waals surface area contributed by atoms with Crippen molar-refractivity contribution in [3.8, 4) is 0 Å². The van der Waals surface area contributed by atoms with Crippen LogP contribution >= 0.6 is 58.5 Å².